The van der Waals surface area contributed by atoms with Crippen LogP contribution in [0.3, 0.4) is 0 Å². The van der Waals surface area contributed by atoms with Gasteiger partial charge in [-0.05, 0) is 13.8 Å². The zero-order valence-electron chi connectivity index (χ0n) is 19.1. The van der Waals surface area contributed by atoms with E-state index < -0.39 is 0 Å². The number of ketones is 2. The third-order valence-corrected chi connectivity index (χ3v) is 2.49. The van der Waals surface area contributed by atoms with E-state index in [4.69, 9.17) is 0 Å². The smallest absolute Gasteiger partial charge is 0.854 e. The minimum atomic E-state index is -0.0625. The second-order valence-electron chi connectivity index (χ2n) is 5.81. The van der Waals surface area contributed by atoms with Crippen LogP contribution in [0.4, 0.5) is 0 Å². The maximum Gasteiger partial charge on any atom is 4.00 e. The molecule has 0 aliphatic rings. The molecule has 0 fully saturated rings. The first-order valence-electron chi connectivity index (χ1n) is 10.1. The van der Waals surface area contributed by atoms with Crippen LogP contribution in [0.25, 0.3) is 0 Å². The molecular weight excluding hydrogens is 396 g/mol. The molecule has 0 heterocycles. The standard InChI is InChI=1S/C5H8O2.4C4H9O.Ti/c1-4(6)3-5(2)7;4*1-2-3-4-5;/h3H2,1-2H3;4*2-4H2,1H3;/q;4*-1;+4. The molecule has 0 aromatic rings. The Bertz CT molecular complexity index is 207. The largest absolute Gasteiger partial charge is 4.00 e. The van der Waals surface area contributed by atoms with Crippen LogP contribution in [-0.2, 0) is 31.3 Å². The van der Waals surface area contributed by atoms with Gasteiger partial charge in [-0.1, -0.05) is 79.1 Å². The van der Waals surface area contributed by atoms with Gasteiger partial charge in [-0.2, -0.15) is 0 Å². The second kappa shape index (κ2) is 50.5. The third-order valence-electron chi connectivity index (χ3n) is 2.49. The van der Waals surface area contributed by atoms with E-state index in [0.29, 0.717) is 0 Å². The number of carbonyl (C=O) groups excluding carboxylic acids is 2. The minimum Gasteiger partial charge on any atom is -0.854 e. The van der Waals surface area contributed by atoms with Crippen molar-refractivity contribution < 1.29 is 51.7 Å². The summed E-state index contributed by atoms with van der Waals surface area (Å²) in [5, 5.41) is 38.1. The number of rotatable bonds is 10. The quantitative estimate of drug-likeness (QED) is 0.370. The first-order valence-corrected chi connectivity index (χ1v) is 10.1. The summed E-state index contributed by atoms with van der Waals surface area (Å²) >= 11 is 0. The summed E-state index contributed by atoms with van der Waals surface area (Å²) in [4.78, 5) is 20.1. The van der Waals surface area contributed by atoms with Gasteiger partial charge in [0, 0.05) is 0 Å². The molecule has 0 rings (SSSR count). The van der Waals surface area contributed by atoms with Gasteiger partial charge in [0.25, 0.3) is 0 Å². The Labute approximate surface area is 189 Å². The van der Waals surface area contributed by atoms with Crippen molar-refractivity contribution in [2.45, 2.75) is 99.3 Å². The van der Waals surface area contributed by atoms with E-state index in [9.17, 15) is 30.0 Å². The van der Waals surface area contributed by atoms with Gasteiger partial charge in [0.05, 0.1) is 6.42 Å². The fourth-order valence-electron chi connectivity index (χ4n) is 0.928. The van der Waals surface area contributed by atoms with Crippen molar-refractivity contribution >= 4 is 11.6 Å². The second-order valence-corrected chi connectivity index (χ2v) is 5.81. The number of hydrogen-bond acceptors (Lipinski definition) is 6. The van der Waals surface area contributed by atoms with Crippen molar-refractivity contribution in [2.24, 2.45) is 0 Å². The summed E-state index contributed by atoms with van der Waals surface area (Å²) in [6.07, 6.45) is 7.54. The van der Waals surface area contributed by atoms with Gasteiger partial charge in [0.1, 0.15) is 11.6 Å². The Morgan fingerprint density at radius 2 is 0.714 bits per heavy atom. The van der Waals surface area contributed by atoms with Crippen molar-refractivity contribution in [2.75, 3.05) is 26.4 Å². The molecule has 0 unspecified atom stereocenters. The average molecular weight is 440 g/mol. The summed E-state index contributed by atoms with van der Waals surface area (Å²) in [6.45, 7) is 11.2. The SMILES string of the molecule is CC(=O)CC(C)=O.CCCC[O-].CCCC[O-].CCCC[O-].CCCC[O-].[Ti+4]. The molecule has 28 heavy (non-hydrogen) atoms. The maximum absolute atomic E-state index is 10.0. The zero-order valence-corrected chi connectivity index (χ0v) is 20.7. The van der Waals surface area contributed by atoms with E-state index in [1.165, 1.54) is 13.8 Å². The predicted octanol–water partition coefficient (Wildman–Crippen LogP) is 1.14. The van der Waals surface area contributed by atoms with E-state index >= 15 is 0 Å². The molecule has 6 nitrogen and oxygen atoms in total. The van der Waals surface area contributed by atoms with Gasteiger partial charge in [-0.25, -0.2) is 0 Å². The average Bonchev–Trinajstić information content (AvgIpc) is 2.59. The molecular formula is C21H44O6Ti. The number of unbranched alkanes of at least 4 members (excludes halogenated alkanes) is 4. The third kappa shape index (κ3) is 113. The fraction of sp³-hybridized carbons (Fsp3) is 0.905. The first kappa shape index (κ1) is 42.1. The van der Waals surface area contributed by atoms with Gasteiger partial charge >= 0.3 is 21.7 Å². The summed E-state index contributed by atoms with van der Waals surface area (Å²) < 4.78 is 0. The Kier molecular flexibility index (Phi) is 75.9. The van der Waals surface area contributed by atoms with Gasteiger partial charge in [0.15, 0.2) is 0 Å². The van der Waals surface area contributed by atoms with Crippen molar-refractivity contribution in [1.82, 2.24) is 0 Å². The molecule has 0 aliphatic carbocycles. The van der Waals surface area contributed by atoms with Crippen LogP contribution >= 0.6 is 0 Å². The topological polar surface area (TPSA) is 126 Å². The van der Waals surface area contributed by atoms with E-state index in [-0.39, 0.29) is 66.1 Å². The van der Waals surface area contributed by atoms with Crippen LogP contribution < -0.4 is 20.4 Å². The molecule has 0 radical (unpaired) electrons. The van der Waals surface area contributed by atoms with Crippen LogP contribution in [0.15, 0.2) is 0 Å². The zero-order chi connectivity index (χ0) is 22.3. The molecule has 0 N–H and O–H groups in total. The van der Waals surface area contributed by atoms with Gasteiger partial charge in [-0.3, -0.25) is 9.59 Å². The fourth-order valence-corrected chi connectivity index (χ4v) is 0.928. The van der Waals surface area contributed by atoms with Gasteiger partial charge in [0.2, 0.25) is 0 Å². The summed E-state index contributed by atoms with van der Waals surface area (Å²) in [6, 6.07) is 0. The van der Waals surface area contributed by atoms with Crippen LogP contribution in [0.1, 0.15) is 99.3 Å². The molecule has 0 aromatic carbocycles. The normalized spacial score (nSPS) is 8.07. The van der Waals surface area contributed by atoms with Crippen molar-refractivity contribution in [3.63, 3.8) is 0 Å². The molecule has 0 bridgehead atoms. The van der Waals surface area contributed by atoms with Crippen molar-refractivity contribution in [3.8, 4) is 0 Å². The van der Waals surface area contributed by atoms with Gasteiger partial charge < -0.3 is 20.4 Å². The van der Waals surface area contributed by atoms with E-state index in [0.717, 1.165) is 51.4 Å². The molecule has 0 saturated carbocycles. The first-order chi connectivity index (χ1) is 12.8. The summed E-state index contributed by atoms with van der Waals surface area (Å²) in [7, 11) is 0. The van der Waals surface area contributed by atoms with Crippen molar-refractivity contribution in [1.29, 1.82) is 0 Å². The Morgan fingerprint density at radius 3 is 0.714 bits per heavy atom. The minimum absolute atomic E-state index is 0. The Hall–Kier alpha value is -0.106. The van der Waals surface area contributed by atoms with Crippen LogP contribution in [0, 0.1) is 0 Å². The summed E-state index contributed by atoms with van der Waals surface area (Å²) in [5.41, 5.74) is 0. The molecule has 0 atom stereocenters. The molecule has 0 aromatic heterocycles. The Balaban J connectivity index is -0.0000000540. The number of carbonyl (C=O) groups is 2. The van der Waals surface area contributed by atoms with Crippen LogP contribution in [0.5, 0.6) is 0 Å². The number of hydrogen-bond donors (Lipinski definition) is 0. The number of Topliss-reactive ketones (excluding diaryl/α,β-unsaturated/α-hetero) is 2. The monoisotopic (exact) mass is 440 g/mol. The van der Waals surface area contributed by atoms with Gasteiger partial charge in [-0.15, -0.1) is 26.4 Å². The molecule has 7 heteroatoms. The van der Waals surface area contributed by atoms with Crippen LogP contribution in [0.2, 0.25) is 0 Å². The molecule has 0 amide bonds. The molecule has 0 aliphatic heterocycles. The molecule has 0 saturated heterocycles. The molecule has 168 valence electrons. The summed E-state index contributed by atoms with van der Waals surface area (Å²) in [5.74, 6) is -0.125. The van der Waals surface area contributed by atoms with E-state index in [2.05, 4.69) is 0 Å². The predicted molar refractivity (Wildman–Crippen MR) is 105 cm³/mol. The van der Waals surface area contributed by atoms with E-state index in [1.807, 2.05) is 27.7 Å². The van der Waals surface area contributed by atoms with Crippen molar-refractivity contribution in [3.05, 3.63) is 0 Å². The van der Waals surface area contributed by atoms with E-state index in [1.54, 1.807) is 0 Å². The Morgan fingerprint density at radius 1 is 0.536 bits per heavy atom. The molecule has 0 spiro atoms. The maximum atomic E-state index is 10.0. The van der Waals surface area contributed by atoms with Crippen LogP contribution in [-0.4, -0.2) is 38.0 Å².